The van der Waals surface area contributed by atoms with E-state index in [2.05, 4.69) is 5.32 Å². The smallest absolute Gasteiger partial charge is 0.230 e. The number of amides is 1. The molecule has 1 atom stereocenters. The predicted octanol–water partition coefficient (Wildman–Crippen LogP) is 1.43. The fraction of sp³-hybridized carbons (Fsp3) is 0.462. The molecule has 0 spiro atoms. The average Bonchev–Trinajstić information content (AvgIpc) is 2.36. The maximum atomic E-state index is 12.7. The summed E-state index contributed by atoms with van der Waals surface area (Å²) >= 11 is 1.31. The van der Waals surface area contributed by atoms with Crippen LogP contribution in [0.5, 0.6) is 0 Å². The van der Waals surface area contributed by atoms with E-state index in [-0.39, 0.29) is 30.6 Å². The monoisotopic (exact) mass is 287 g/mol. The topological polar surface area (TPSA) is 58.6 Å². The van der Waals surface area contributed by atoms with Gasteiger partial charge in [0.15, 0.2) is 0 Å². The first-order chi connectivity index (χ1) is 8.93. The van der Waals surface area contributed by atoms with Crippen LogP contribution in [0.1, 0.15) is 6.92 Å². The Morgan fingerprint density at radius 3 is 2.68 bits per heavy atom. The summed E-state index contributed by atoms with van der Waals surface area (Å²) in [7, 11) is 1.49. The highest BCUT2D eigenvalue weighted by Crippen LogP contribution is 2.17. The van der Waals surface area contributed by atoms with Crippen LogP contribution in [-0.4, -0.2) is 42.6 Å². The van der Waals surface area contributed by atoms with Crippen molar-refractivity contribution in [3.8, 4) is 0 Å². The minimum absolute atomic E-state index is 0.129. The predicted molar refractivity (Wildman–Crippen MR) is 72.6 cm³/mol. The second kappa shape index (κ2) is 7.47. The van der Waals surface area contributed by atoms with Crippen LogP contribution < -0.4 is 5.32 Å². The molecule has 2 N–H and O–H groups in total. The number of halogens is 1. The van der Waals surface area contributed by atoms with Crippen molar-refractivity contribution in [2.24, 2.45) is 0 Å². The summed E-state index contributed by atoms with van der Waals surface area (Å²) in [6, 6.07) is 5.94. The van der Waals surface area contributed by atoms with Crippen molar-refractivity contribution in [1.29, 1.82) is 0 Å². The number of ether oxygens (including phenoxy) is 1. The van der Waals surface area contributed by atoms with Crippen LogP contribution in [0.2, 0.25) is 0 Å². The van der Waals surface area contributed by atoms with E-state index in [1.54, 1.807) is 19.1 Å². The van der Waals surface area contributed by atoms with E-state index in [0.29, 0.717) is 0 Å². The van der Waals surface area contributed by atoms with Gasteiger partial charge in [-0.3, -0.25) is 4.79 Å². The van der Waals surface area contributed by atoms with E-state index in [0.717, 1.165) is 4.90 Å². The molecule has 1 amide bonds. The molecule has 0 aliphatic heterocycles. The molecule has 106 valence electrons. The number of hydrogen-bond donors (Lipinski definition) is 2. The molecule has 6 heteroatoms. The van der Waals surface area contributed by atoms with Crippen molar-refractivity contribution >= 4 is 17.7 Å². The Morgan fingerprint density at radius 1 is 1.47 bits per heavy atom. The zero-order valence-corrected chi connectivity index (χ0v) is 11.8. The van der Waals surface area contributed by atoms with Crippen LogP contribution in [0, 0.1) is 5.82 Å². The molecule has 1 rings (SSSR count). The Balaban J connectivity index is 2.30. The number of carbonyl (C=O) groups excluding carboxylic acids is 1. The summed E-state index contributed by atoms with van der Waals surface area (Å²) in [6.45, 7) is 1.87. The molecule has 1 aromatic carbocycles. The fourth-order valence-electron chi connectivity index (χ4n) is 1.38. The Bertz CT molecular complexity index is 409. The van der Waals surface area contributed by atoms with Crippen LogP contribution in [0.15, 0.2) is 29.2 Å². The van der Waals surface area contributed by atoms with Crippen LogP contribution in [-0.2, 0) is 9.53 Å². The van der Waals surface area contributed by atoms with Gasteiger partial charge in [0.25, 0.3) is 0 Å². The van der Waals surface area contributed by atoms with E-state index >= 15 is 0 Å². The molecule has 0 heterocycles. The minimum Gasteiger partial charge on any atom is -0.386 e. The number of carbonyl (C=O) groups is 1. The zero-order chi connectivity index (χ0) is 14.3. The van der Waals surface area contributed by atoms with Gasteiger partial charge in [-0.1, -0.05) is 0 Å². The molecule has 0 fully saturated rings. The molecular weight excluding hydrogens is 269 g/mol. The Hall–Kier alpha value is -1.11. The second-order valence-electron chi connectivity index (χ2n) is 4.45. The summed E-state index contributed by atoms with van der Waals surface area (Å²) < 4.78 is 17.5. The largest absolute Gasteiger partial charge is 0.386 e. The molecule has 0 bridgehead atoms. The quantitative estimate of drug-likeness (QED) is 0.745. The highest BCUT2D eigenvalue weighted by atomic mass is 32.2. The van der Waals surface area contributed by atoms with E-state index in [1.807, 2.05) is 0 Å². The number of hydrogen-bond acceptors (Lipinski definition) is 4. The summed E-state index contributed by atoms with van der Waals surface area (Å²) in [4.78, 5) is 12.4. The Labute approximate surface area is 116 Å². The molecule has 0 saturated heterocycles. The van der Waals surface area contributed by atoms with Crippen molar-refractivity contribution in [3.63, 3.8) is 0 Å². The van der Waals surface area contributed by atoms with Crippen LogP contribution in [0.25, 0.3) is 0 Å². The number of thioether (sulfide) groups is 1. The Morgan fingerprint density at radius 2 is 2.11 bits per heavy atom. The van der Waals surface area contributed by atoms with Gasteiger partial charge in [0.2, 0.25) is 5.91 Å². The second-order valence-corrected chi connectivity index (χ2v) is 5.50. The van der Waals surface area contributed by atoms with Crippen molar-refractivity contribution in [2.45, 2.75) is 17.4 Å². The Kier molecular flexibility index (Phi) is 6.27. The van der Waals surface area contributed by atoms with Gasteiger partial charge in [-0.25, -0.2) is 4.39 Å². The SMILES string of the molecule is COCC(C)(O)CNC(=O)CSc1ccc(F)cc1. The lowest BCUT2D eigenvalue weighted by Crippen LogP contribution is -2.44. The van der Waals surface area contributed by atoms with Gasteiger partial charge in [0.05, 0.1) is 12.4 Å². The molecule has 0 aliphatic rings. The third kappa shape index (κ3) is 6.56. The van der Waals surface area contributed by atoms with Crippen molar-refractivity contribution in [3.05, 3.63) is 30.1 Å². The van der Waals surface area contributed by atoms with Gasteiger partial charge in [0, 0.05) is 18.6 Å². The summed E-state index contributed by atoms with van der Waals surface area (Å²) in [5.41, 5.74) is -1.08. The lowest BCUT2D eigenvalue weighted by atomic mass is 10.1. The van der Waals surface area contributed by atoms with E-state index in [1.165, 1.54) is 31.0 Å². The van der Waals surface area contributed by atoms with Crippen molar-refractivity contribution in [1.82, 2.24) is 5.32 Å². The summed E-state index contributed by atoms with van der Waals surface area (Å²) in [5.74, 6) is -0.274. The van der Waals surface area contributed by atoms with Crippen LogP contribution in [0.3, 0.4) is 0 Å². The summed E-state index contributed by atoms with van der Waals surface area (Å²) in [6.07, 6.45) is 0. The molecule has 0 saturated carbocycles. The first-order valence-electron chi connectivity index (χ1n) is 5.79. The van der Waals surface area contributed by atoms with Gasteiger partial charge in [-0.05, 0) is 31.2 Å². The maximum absolute atomic E-state index is 12.7. The van der Waals surface area contributed by atoms with Crippen LogP contribution >= 0.6 is 11.8 Å². The molecule has 1 aromatic rings. The summed E-state index contributed by atoms with van der Waals surface area (Å²) in [5, 5.41) is 12.4. The maximum Gasteiger partial charge on any atom is 0.230 e. The fourth-order valence-corrected chi connectivity index (χ4v) is 2.11. The number of aliphatic hydroxyl groups is 1. The number of nitrogens with one attached hydrogen (secondary N) is 1. The van der Waals surface area contributed by atoms with E-state index < -0.39 is 5.60 Å². The molecule has 0 aliphatic carbocycles. The van der Waals surface area contributed by atoms with Crippen molar-refractivity contribution in [2.75, 3.05) is 26.0 Å². The standard InChI is InChI=1S/C13H18FNO3S/c1-13(17,9-18-2)8-15-12(16)7-19-11-5-3-10(14)4-6-11/h3-6,17H,7-9H2,1-2H3,(H,15,16). The third-order valence-electron chi connectivity index (χ3n) is 2.31. The molecular formula is C13H18FNO3S. The molecule has 0 radical (unpaired) electrons. The first-order valence-corrected chi connectivity index (χ1v) is 6.78. The highest BCUT2D eigenvalue weighted by Gasteiger charge is 2.20. The van der Waals surface area contributed by atoms with E-state index in [4.69, 9.17) is 4.74 Å². The van der Waals surface area contributed by atoms with Gasteiger partial charge in [0.1, 0.15) is 11.4 Å². The molecule has 19 heavy (non-hydrogen) atoms. The number of methoxy groups -OCH3 is 1. The van der Waals surface area contributed by atoms with Crippen LogP contribution in [0.4, 0.5) is 4.39 Å². The lowest BCUT2D eigenvalue weighted by Gasteiger charge is -2.22. The van der Waals surface area contributed by atoms with Crippen molar-refractivity contribution < 1.29 is 19.0 Å². The molecule has 1 unspecified atom stereocenters. The zero-order valence-electron chi connectivity index (χ0n) is 11.0. The highest BCUT2D eigenvalue weighted by molar-refractivity contribution is 8.00. The lowest BCUT2D eigenvalue weighted by molar-refractivity contribution is -0.120. The van der Waals surface area contributed by atoms with Gasteiger partial charge >= 0.3 is 0 Å². The average molecular weight is 287 g/mol. The van der Waals surface area contributed by atoms with Gasteiger partial charge < -0.3 is 15.2 Å². The third-order valence-corrected chi connectivity index (χ3v) is 3.32. The normalized spacial score (nSPS) is 13.9. The minimum atomic E-state index is -1.08. The van der Waals surface area contributed by atoms with Gasteiger partial charge in [-0.15, -0.1) is 11.8 Å². The van der Waals surface area contributed by atoms with E-state index in [9.17, 15) is 14.3 Å². The molecule has 0 aromatic heterocycles. The first kappa shape index (κ1) is 15.9. The number of benzene rings is 1. The molecule has 4 nitrogen and oxygen atoms in total. The number of rotatable bonds is 7. The van der Waals surface area contributed by atoms with Gasteiger partial charge in [-0.2, -0.15) is 0 Å².